The smallest absolute Gasteiger partial charge is 0.134 e. The van der Waals surface area contributed by atoms with Gasteiger partial charge in [-0.25, -0.2) is 4.39 Å². The number of hydrogen-bond acceptors (Lipinski definition) is 1. The summed E-state index contributed by atoms with van der Waals surface area (Å²) < 4.78 is 13.4. The van der Waals surface area contributed by atoms with Crippen molar-refractivity contribution in [1.29, 1.82) is 0 Å². The molecule has 0 saturated carbocycles. The molecule has 16 heavy (non-hydrogen) atoms. The Bertz CT molecular complexity index is 472. The molecule has 1 aromatic rings. The van der Waals surface area contributed by atoms with Gasteiger partial charge >= 0.3 is 0 Å². The first kappa shape index (κ1) is 10.9. The zero-order valence-electron chi connectivity index (χ0n) is 9.39. The van der Waals surface area contributed by atoms with Crippen molar-refractivity contribution in [2.75, 3.05) is 0 Å². The lowest BCUT2D eigenvalue weighted by Gasteiger charge is -2.08. The van der Waals surface area contributed by atoms with E-state index in [1.807, 2.05) is 0 Å². The maximum Gasteiger partial charge on any atom is 0.134 e. The lowest BCUT2D eigenvalue weighted by atomic mass is 9.99. The van der Waals surface area contributed by atoms with Gasteiger partial charge < -0.3 is 5.11 Å². The normalized spacial score (nSPS) is 15.6. The molecule has 2 rings (SSSR count). The van der Waals surface area contributed by atoms with Crippen LogP contribution in [-0.2, 0) is 0 Å². The van der Waals surface area contributed by atoms with Gasteiger partial charge in [-0.1, -0.05) is 18.2 Å². The third kappa shape index (κ3) is 1.87. The fourth-order valence-electron chi connectivity index (χ4n) is 2.22. The van der Waals surface area contributed by atoms with E-state index in [1.165, 1.54) is 17.2 Å². The van der Waals surface area contributed by atoms with Gasteiger partial charge in [-0.15, -0.1) is 0 Å². The second-order valence-electron chi connectivity index (χ2n) is 4.25. The predicted molar refractivity (Wildman–Crippen MR) is 64.5 cm³/mol. The predicted octanol–water partition coefficient (Wildman–Crippen LogP) is 4.31. The molecule has 1 N–H and O–H groups in total. The number of aliphatic hydroxyl groups excluding tert-OH is 1. The highest BCUT2D eigenvalue weighted by molar-refractivity contribution is 5.73. The van der Waals surface area contributed by atoms with Crippen LogP contribution in [0.15, 0.2) is 30.4 Å². The summed E-state index contributed by atoms with van der Waals surface area (Å²) >= 11 is 0. The van der Waals surface area contributed by atoms with E-state index in [-0.39, 0.29) is 11.3 Å². The minimum atomic E-state index is -0.424. The van der Waals surface area contributed by atoms with Gasteiger partial charge in [0.2, 0.25) is 0 Å². The van der Waals surface area contributed by atoms with Crippen LogP contribution in [0, 0.1) is 5.82 Å². The van der Waals surface area contributed by atoms with Gasteiger partial charge in [0.15, 0.2) is 0 Å². The van der Waals surface area contributed by atoms with Gasteiger partial charge in [0.25, 0.3) is 0 Å². The minimum absolute atomic E-state index is 0.199. The van der Waals surface area contributed by atoms with Crippen LogP contribution in [0.3, 0.4) is 0 Å². The van der Waals surface area contributed by atoms with Gasteiger partial charge in [-0.05, 0) is 49.5 Å². The summed E-state index contributed by atoms with van der Waals surface area (Å²) in [7, 11) is 0. The van der Waals surface area contributed by atoms with Crippen molar-refractivity contribution in [3.05, 3.63) is 47.3 Å². The summed E-state index contributed by atoms with van der Waals surface area (Å²) in [5.74, 6) is -0.636. The van der Waals surface area contributed by atoms with Crippen molar-refractivity contribution in [2.24, 2.45) is 0 Å². The molecular weight excluding hydrogens is 203 g/mol. The van der Waals surface area contributed by atoms with E-state index in [0.29, 0.717) is 0 Å². The Morgan fingerprint density at radius 2 is 2.12 bits per heavy atom. The molecule has 0 heterocycles. The number of hydrogen-bond donors (Lipinski definition) is 1. The molecule has 0 radical (unpaired) electrons. The molecule has 0 amide bonds. The lowest BCUT2D eigenvalue weighted by molar-refractivity contribution is 0.504. The Morgan fingerprint density at radius 3 is 2.69 bits per heavy atom. The molecular formula is C14H15FO. The van der Waals surface area contributed by atoms with Gasteiger partial charge in [0, 0.05) is 0 Å². The largest absolute Gasteiger partial charge is 0.508 e. The number of allylic oxidation sites excluding steroid dienone is 2. The number of benzene rings is 1. The van der Waals surface area contributed by atoms with Gasteiger partial charge in [-0.3, -0.25) is 0 Å². The van der Waals surface area contributed by atoms with Crippen LogP contribution in [-0.4, -0.2) is 5.11 Å². The van der Waals surface area contributed by atoms with Crippen LogP contribution < -0.4 is 0 Å². The minimum Gasteiger partial charge on any atom is -0.508 e. The SMILES string of the molecule is C=C(O)c1cc(C2=C(C)CCC2)ccc1F. The fourth-order valence-corrected chi connectivity index (χ4v) is 2.22. The van der Waals surface area contributed by atoms with E-state index < -0.39 is 5.82 Å². The molecule has 0 saturated heterocycles. The molecule has 0 unspecified atom stereocenters. The zero-order chi connectivity index (χ0) is 11.7. The van der Waals surface area contributed by atoms with E-state index in [9.17, 15) is 9.50 Å². The van der Waals surface area contributed by atoms with Crippen molar-refractivity contribution in [2.45, 2.75) is 26.2 Å². The zero-order valence-corrected chi connectivity index (χ0v) is 9.39. The van der Waals surface area contributed by atoms with Gasteiger partial charge in [0.1, 0.15) is 11.6 Å². The first-order valence-corrected chi connectivity index (χ1v) is 5.46. The first-order chi connectivity index (χ1) is 7.59. The number of aliphatic hydroxyl groups is 1. The van der Waals surface area contributed by atoms with Gasteiger partial charge in [0.05, 0.1) is 5.56 Å². The Balaban J connectivity index is 2.48. The number of halogens is 1. The third-order valence-corrected chi connectivity index (χ3v) is 3.12. The van der Waals surface area contributed by atoms with Crippen LogP contribution in [0.2, 0.25) is 0 Å². The molecule has 0 aliphatic heterocycles. The van der Waals surface area contributed by atoms with Crippen LogP contribution in [0.25, 0.3) is 11.3 Å². The van der Waals surface area contributed by atoms with Crippen molar-refractivity contribution in [1.82, 2.24) is 0 Å². The third-order valence-electron chi connectivity index (χ3n) is 3.12. The fraction of sp³-hybridized carbons (Fsp3) is 0.286. The summed E-state index contributed by atoms with van der Waals surface area (Å²) in [5, 5.41) is 9.29. The molecule has 1 aliphatic carbocycles. The molecule has 0 spiro atoms. The molecule has 2 heteroatoms. The quantitative estimate of drug-likeness (QED) is 0.733. The Morgan fingerprint density at radius 1 is 1.38 bits per heavy atom. The molecule has 1 aliphatic rings. The van der Waals surface area contributed by atoms with E-state index >= 15 is 0 Å². The molecule has 84 valence electrons. The monoisotopic (exact) mass is 218 g/mol. The van der Waals surface area contributed by atoms with Gasteiger partial charge in [-0.2, -0.15) is 0 Å². The second kappa shape index (κ2) is 4.12. The summed E-state index contributed by atoms with van der Waals surface area (Å²) in [4.78, 5) is 0. The number of rotatable bonds is 2. The molecule has 0 bridgehead atoms. The molecule has 0 atom stereocenters. The van der Waals surface area contributed by atoms with Crippen LogP contribution in [0.1, 0.15) is 37.3 Å². The topological polar surface area (TPSA) is 20.2 Å². The summed E-state index contributed by atoms with van der Waals surface area (Å²) in [6.45, 7) is 5.48. The Labute approximate surface area is 94.9 Å². The highest BCUT2D eigenvalue weighted by atomic mass is 19.1. The summed E-state index contributed by atoms with van der Waals surface area (Å²) in [6.07, 6.45) is 3.31. The van der Waals surface area contributed by atoms with Crippen LogP contribution in [0.4, 0.5) is 4.39 Å². The maximum atomic E-state index is 13.4. The van der Waals surface area contributed by atoms with E-state index in [0.717, 1.165) is 24.8 Å². The molecule has 0 fully saturated rings. The van der Waals surface area contributed by atoms with Crippen molar-refractivity contribution >= 4 is 11.3 Å². The summed E-state index contributed by atoms with van der Waals surface area (Å²) in [5.41, 5.74) is 3.84. The average molecular weight is 218 g/mol. The lowest BCUT2D eigenvalue weighted by Crippen LogP contribution is -1.91. The van der Waals surface area contributed by atoms with Crippen LogP contribution >= 0.6 is 0 Å². The van der Waals surface area contributed by atoms with Crippen molar-refractivity contribution < 1.29 is 9.50 Å². The molecule has 1 nitrogen and oxygen atoms in total. The molecule has 0 aromatic heterocycles. The highest BCUT2D eigenvalue weighted by Gasteiger charge is 2.14. The average Bonchev–Trinajstić information content (AvgIpc) is 2.65. The highest BCUT2D eigenvalue weighted by Crippen LogP contribution is 2.34. The van der Waals surface area contributed by atoms with E-state index in [1.54, 1.807) is 12.1 Å². The second-order valence-corrected chi connectivity index (χ2v) is 4.25. The Hall–Kier alpha value is -1.57. The summed E-state index contributed by atoms with van der Waals surface area (Å²) in [6, 6.07) is 4.85. The Kier molecular flexibility index (Phi) is 2.82. The molecule has 1 aromatic carbocycles. The maximum absolute atomic E-state index is 13.4. The first-order valence-electron chi connectivity index (χ1n) is 5.46. The van der Waals surface area contributed by atoms with Crippen LogP contribution in [0.5, 0.6) is 0 Å². The van der Waals surface area contributed by atoms with Crippen molar-refractivity contribution in [3.8, 4) is 0 Å². The van der Waals surface area contributed by atoms with E-state index in [2.05, 4.69) is 13.5 Å². The standard InChI is InChI=1S/C14H15FO/c1-9-4-3-5-12(9)11-6-7-14(15)13(8-11)10(2)16/h6-8,16H,2-5H2,1H3. The van der Waals surface area contributed by atoms with Crippen molar-refractivity contribution in [3.63, 3.8) is 0 Å². The van der Waals surface area contributed by atoms with E-state index in [4.69, 9.17) is 0 Å².